The molecule has 2 heteroatoms. The van der Waals surface area contributed by atoms with E-state index in [1.165, 1.54) is 5.56 Å². The van der Waals surface area contributed by atoms with E-state index in [1.54, 1.807) is 0 Å². The Morgan fingerprint density at radius 3 is 2.10 bits per heavy atom. The molecule has 0 aliphatic carbocycles. The minimum atomic E-state index is -0.233. The molecule has 0 heterocycles. The minimum Gasteiger partial charge on any atom is -0.463 e. The predicted molar refractivity (Wildman–Crippen MR) is 84.7 cm³/mol. The lowest BCUT2D eigenvalue weighted by atomic mass is 9.81. The van der Waals surface area contributed by atoms with E-state index in [2.05, 4.69) is 45.0 Å². The first-order valence-electron chi connectivity index (χ1n) is 7.29. The molecule has 0 N–H and O–H groups in total. The third-order valence-corrected chi connectivity index (χ3v) is 4.13. The van der Waals surface area contributed by atoms with E-state index >= 15 is 0 Å². The van der Waals surface area contributed by atoms with Crippen LogP contribution >= 0.6 is 0 Å². The summed E-state index contributed by atoms with van der Waals surface area (Å²) in [5.74, 6) is -0.233. The molecule has 0 aliphatic rings. The van der Waals surface area contributed by atoms with Crippen LogP contribution in [-0.4, -0.2) is 12.6 Å². The van der Waals surface area contributed by atoms with Crippen molar-refractivity contribution < 1.29 is 9.53 Å². The van der Waals surface area contributed by atoms with E-state index in [9.17, 15) is 4.79 Å². The van der Waals surface area contributed by atoms with Crippen LogP contribution in [0.3, 0.4) is 0 Å². The van der Waals surface area contributed by atoms with Crippen LogP contribution in [0.4, 0.5) is 0 Å². The Morgan fingerprint density at radius 2 is 1.65 bits per heavy atom. The molecule has 0 saturated heterocycles. The highest BCUT2D eigenvalue weighted by atomic mass is 16.5. The minimum absolute atomic E-state index is 0.187. The molecule has 0 saturated carbocycles. The second-order valence-corrected chi connectivity index (χ2v) is 5.79. The van der Waals surface area contributed by atoms with Gasteiger partial charge in [-0.3, -0.25) is 0 Å². The lowest BCUT2D eigenvalue weighted by molar-refractivity contribution is -0.138. The fraction of sp³-hybridized carbons (Fsp3) is 0.500. The van der Waals surface area contributed by atoms with Gasteiger partial charge in [0.05, 0.1) is 6.61 Å². The third-order valence-electron chi connectivity index (χ3n) is 4.13. The number of esters is 1. The first-order valence-corrected chi connectivity index (χ1v) is 7.29. The maximum atomic E-state index is 11.8. The van der Waals surface area contributed by atoms with Gasteiger partial charge < -0.3 is 4.74 Å². The number of carbonyl (C=O) groups is 1. The highest BCUT2D eigenvalue weighted by Crippen LogP contribution is 2.28. The first-order chi connectivity index (χ1) is 9.33. The molecule has 1 rings (SSSR count). The second kappa shape index (κ2) is 6.74. The normalized spacial score (nSPS) is 12.9. The van der Waals surface area contributed by atoms with E-state index in [0.29, 0.717) is 12.2 Å². The van der Waals surface area contributed by atoms with Crippen LogP contribution in [0, 0.1) is 0 Å². The summed E-state index contributed by atoms with van der Waals surface area (Å²) >= 11 is 0. The summed E-state index contributed by atoms with van der Waals surface area (Å²) < 4.78 is 5.04. The number of hydrogen-bond acceptors (Lipinski definition) is 2. The van der Waals surface area contributed by atoms with Gasteiger partial charge in [0.15, 0.2) is 0 Å². The predicted octanol–water partition coefficient (Wildman–Crippen LogP) is 4.73. The molecule has 1 aromatic rings. The van der Waals surface area contributed by atoms with Gasteiger partial charge in [0.25, 0.3) is 0 Å². The molecule has 0 fully saturated rings. The van der Waals surface area contributed by atoms with Gasteiger partial charge in [-0.15, -0.1) is 0 Å². The summed E-state index contributed by atoms with van der Waals surface area (Å²) in [5.41, 5.74) is 4.24. The van der Waals surface area contributed by atoms with E-state index in [0.717, 1.165) is 17.6 Å². The van der Waals surface area contributed by atoms with Crippen LogP contribution in [0.1, 0.15) is 59.1 Å². The zero-order valence-electron chi connectivity index (χ0n) is 13.5. The number of carbonyl (C=O) groups excluding carboxylic acids is 1. The van der Waals surface area contributed by atoms with Crippen molar-refractivity contribution in [2.45, 2.75) is 53.4 Å². The summed E-state index contributed by atoms with van der Waals surface area (Å²) in [7, 11) is 0. The van der Waals surface area contributed by atoms with Gasteiger partial charge in [-0.05, 0) is 49.3 Å². The van der Waals surface area contributed by atoms with Gasteiger partial charge in [-0.25, -0.2) is 4.79 Å². The monoisotopic (exact) mass is 274 g/mol. The molecule has 0 spiro atoms. The molecule has 0 aromatic heterocycles. The fourth-order valence-electron chi connectivity index (χ4n) is 1.98. The molecule has 0 radical (unpaired) electrons. The maximum absolute atomic E-state index is 11.8. The van der Waals surface area contributed by atoms with E-state index in [1.807, 2.05) is 20.8 Å². The third kappa shape index (κ3) is 3.72. The average molecular weight is 274 g/mol. The molecular formula is C18H26O2. The van der Waals surface area contributed by atoms with Crippen LogP contribution in [0.2, 0.25) is 0 Å². The zero-order valence-corrected chi connectivity index (χ0v) is 13.5. The molecule has 0 atom stereocenters. The first kappa shape index (κ1) is 16.5. The van der Waals surface area contributed by atoms with Crippen LogP contribution in [0.15, 0.2) is 29.8 Å². The van der Waals surface area contributed by atoms with Crippen molar-refractivity contribution in [1.82, 2.24) is 0 Å². The topological polar surface area (TPSA) is 26.3 Å². The van der Waals surface area contributed by atoms with E-state index < -0.39 is 0 Å². The van der Waals surface area contributed by atoms with Gasteiger partial charge in [0, 0.05) is 5.57 Å². The number of rotatable bonds is 5. The largest absolute Gasteiger partial charge is 0.463 e. The Kier molecular flexibility index (Phi) is 5.55. The van der Waals surface area contributed by atoms with Gasteiger partial charge in [0.1, 0.15) is 0 Å². The van der Waals surface area contributed by atoms with Gasteiger partial charge in [-0.2, -0.15) is 0 Å². The maximum Gasteiger partial charge on any atom is 0.333 e. The SMILES string of the molecule is CCOC(=O)/C(C)=C(\C)c1ccc(C(C)(C)CC)cc1. The molecule has 20 heavy (non-hydrogen) atoms. The van der Waals surface area contributed by atoms with Gasteiger partial charge >= 0.3 is 5.97 Å². The number of ether oxygens (including phenoxy) is 1. The summed E-state index contributed by atoms with van der Waals surface area (Å²) in [5, 5.41) is 0. The van der Waals surface area contributed by atoms with Crippen LogP contribution < -0.4 is 0 Å². The Hall–Kier alpha value is -1.57. The number of allylic oxidation sites excluding steroid dienone is 1. The molecular weight excluding hydrogens is 248 g/mol. The van der Waals surface area contributed by atoms with Crippen molar-refractivity contribution in [3.05, 3.63) is 41.0 Å². The lowest BCUT2D eigenvalue weighted by Crippen LogP contribution is -2.15. The summed E-state index contributed by atoms with van der Waals surface area (Å²) in [6, 6.07) is 8.48. The number of benzene rings is 1. The lowest BCUT2D eigenvalue weighted by Gasteiger charge is -2.23. The molecule has 2 nitrogen and oxygen atoms in total. The molecule has 0 unspecified atom stereocenters. The second-order valence-electron chi connectivity index (χ2n) is 5.79. The summed E-state index contributed by atoms with van der Waals surface area (Å²) in [6.07, 6.45) is 1.10. The zero-order chi connectivity index (χ0) is 15.3. The average Bonchev–Trinajstić information content (AvgIpc) is 2.46. The van der Waals surface area contributed by atoms with Crippen molar-refractivity contribution in [2.75, 3.05) is 6.61 Å². The van der Waals surface area contributed by atoms with Crippen molar-refractivity contribution >= 4 is 11.5 Å². The Balaban J connectivity index is 3.04. The Labute approximate surface area is 122 Å². The van der Waals surface area contributed by atoms with Gasteiger partial charge in [-0.1, -0.05) is 45.0 Å². The van der Waals surface area contributed by atoms with E-state index in [4.69, 9.17) is 4.74 Å². The van der Waals surface area contributed by atoms with E-state index in [-0.39, 0.29) is 11.4 Å². The van der Waals surface area contributed by atoms with Gasteiger partial charge in [0.2, 0.25) is 0 Å². The number of hydrogen-bond donors (Lipinski definition) is 0. The molecule has 0 amide bonds. The molecule has 0 aliphatic heterocycles. The van der Waals surface area contributed by atoms with Crippen molar-refractivity contribution in [1.29, 1.82) is 0 Å². The molecule has 1 aromatic carbocycles. The fourth-order valence-corrected chi connectivity index (χ4v) is 1.98. The Bertz CT molecular complexity index is 493. The molecule has 110 valence electrons. The quantitative estimate of drug-likeness (QED) is 0.573. The summed E-state index contributed by atoms with van der Waals surface area (Å²) in [6.45, 7) is 12.7. The summed E-state index contributed by atoms with van der Waals surface area (Å²) in [4.78, 5) is 11.8. The van der Waals surface area contributed by atoms with Crippen LogP contribution in [-0.2, 0) is 14.9 Å². The smallest absolute Gasteiger partial charge is 0.333 e. The highest BCUT2D eigenvalue weighted by molar-refractivity contribution is 5.96. The Morgan fingerprint density at radius 1 is 1.10 bits per heavy atom. The van der Waals surface area contributed by atoms with Crippen molar-refractivity contribution in [3.8, 4) is 0 Å². The molecule has 0 bridgehead atoms. The van der Waals surface area contributed by atoms with Crippen molar-refractivity contribution in [3.63, 3.8) is 0 Å². The van der Waals surface area contributed by atoms with Crippen LogP contribution in [0.5, 0.6) is 0 Å². The highest BCUT2D eigenvalue weighted by Gasteiger charge is 2.18. The van der Waals surface area contributed by atoms with Crippen LogP contribution in [0.25, 0.3) is 5.57 Å². The standard InChI is InChI=1S/C18H26O2/c1-7-18(5,6)16-11-9-15(10-12-16)13(3)14(4)17(19)20-8-2/h9-12H,7-8H2,1-6H3/b14-13+. The van der Waals surface area contributed by atoms with Crippen molar-refractivity contribution in [2.24, 2.45) is 0 Å².